The first-order valence-electron chi connectivity index (χ1n) is 4.70. The van der Waals surface area contributed by atoms with Crippen LogP contribution in [0.2, 0.25) is 0 Å². The second-order valence-electron chi connectivity index (χ2n) is 3.58. The number of halogens is 2. The summed E-state index contributed by atoms with van der Waals surface area (Å²) in [5.41, 5.74) is 2.13. The van der Waals surface area contributed by atoms with Gasteiger partial charge in [-0.1, -0.05) is 22.9 Å². The zero-order valence-corrected chi connectivity index (χ0v) is 9.20. The molecule has 0 saturated heterocycles. The summed E-state index contributed by atoms with van der Waals surface area (Å²) >= 11 is 3.33. The Kier molecular flexibility index (Phi) is 2.41. The van der Waals surface area contributed by atoms with Gasteiger partial charge in [0, 0.05) is 4.47 Å². The molecule has 0 radical (unpaired) electrons. The van der Waals surface area contributed by atoms with E-state index in [0.29, 0.717) is 5.92 Å². The van der Waals surface area contributed by atoms with E-state index in [4.69, 9.17) is 0 Å². The summed E-state index contributed by atoms with van der Waals surface area (Å²) in [5, 5.41) is 0. The van der Waals surface area contributed by atoms with E-state index in [0.717, 1.165) is 16.5 Å². The van der Waals surface area contributed by atoms with Crippen LogP contribution < -0.4 is 0 Å². The van der Waals surface area contributed by atoms with Crippen molar-refractivity contribution >= 4 is 15.9 Å². The van der Waals surface area contributed by atoms with E-state index in [2.05, 4.69) is 22.0 Å². The maximum atomic E-state index is 13.5. The second kappa shape index (κ2) is 3.41. The molecular formula is C11H12BrF. The van der Waals surface area contributed by atoms with E-state index in [1.54, 1.807) is 6.07 Å². The van der Waals surface area contributed by atoms with Crippen LogP contribution in [0.5, 0.6) is 0 Å². The first-order valence-corrected chi connectivity index (χ1v) is 5.49. The summed E-state index contributed by atoms with van der Waals surface area (Å²) in [4.78, 5) is 0. The minimum atomic E-state index is -0.0567. The highest BCUT2D eigenvalue weighted by atomic mass is 79.9. The van der Waals surface area contributed by atoms with E-state index in [1.165, 1.54) is 18.4 Å². The molecule has 0 N–H and O–H groups in total. The zero-order chi connectivity index (χ0) is 9.42. The zero-order valence-electron chi connectivity index (χ0n) is 7.61. The Morgan fingerprint density at radius 2 is 2.15 bits per heavy atom. The van der Waals surface area contributed by atoms with Crippen LogP contribution in [0.3, 0.4) is 0 Å². The maximum Gasteiger partial charge on any atom is 0.127 e. The van der Waals surface area contributed by atoms with Crippen LogP contribution in [0.25, 0.3) is 0 Å². The minimum Gasteiger partial charge on any atom is -0.207 e. The van der Waals surface area contributed by atoms with E-state index >= 15 is 0 Å². The first-order chi connectivity index (χ1) is 6.22. The average molecular weight is 243 g/mol. The van der Waals surface area contributed by atoms with Gasteiger partial charge in [0.25, 0.3) is 0 Å². The molecule has 0 spiro atoms. The lowest BCUT2D eigenvalue weighted by Crippen LogP contribution is -1.95. The summed E-state index contributed by atoms with van der Waals surface area (Å²) in [6.45, 7) is 2.01. The maximum absolute atomic E-state index is 13.5. The van der Waals surface area contributed by atoms with Gasteiger partial charge in [-0.25, -0.2) is 4.39 Å². The molecule has 1 fully saturated rings. The fourth-order valence-corrected chi connectivity index (χ4v) is 2.20. The molecule has 70 valence electrons. The molecule has 0 atom stereocenters. The fourth-order valence-electron chi connectivity index (χ4n) is 1.75. The highest BCUT2D eigenvalue weighted by Crippen LogP contribution is 2.43. The van der Waals surface area contributed by atoms with Gasteiger partial charge >= 0.3 is 0 Å². The molecular weight excluding hydrogens is 231 g/mol. The molecule has 0 nitrogen and oxygen atoms in total. The van der Waals surface area contributed by atoms with Crippen molar-refractivity contribution in [3.05, 3.63) is 33.5 Å². The topological polar surface area (TPSA) is 0 Å². The van der Waals surface area contributed by atoms with Crippen LogP contribution in [0, 0.1) is 5.82 Å². The number of hydrogen-bond acceptors (Lipinski definition) is 0. The van der Waals surface area contributed by atoms with Gasteiger partial charge in [0.1, 0.15) is 5.82 Å². The van der Waals surface area contributed by atoms with Gasteiger partial charge in [-0.3, -0.25) is 0 Å². The molecule has 1 aliphatic rings. The number of rotatable bonds is 2. The molecule has 0 aromatic heterocycles. The molecule has 0 aliphatic heterocycles. The third-order valence-electron chi connectivity index (χ3n) is 2.57. The molecule has 0 bridgehead atoms. The smallest absolute Gasteiger partial charge is 0.127 e. The molecule has 1 saturated carbocycles. The summed E-state index contributed by atoms with van der Waals surface area (Å²) in [7, 11) is 0. The number of benzene rings is 1. The summed E-state index contributed by atoms with van der Waals surface area (Å²) in [6, 6.07) is 3.63. The highest BCUT2D eigenvalue weighted by Gasteiger charge is 2.27. The number of hydrogen-bond donors (Lipinski definition) is 0. The van der Waals surface area contributed by atoms with Gasteiger partial charge < -0.3 is 0 Å². The molecule has 0 amide bonds. The lowest BCUT2D eigenvalue weighted by atomic mass is 10.0. The summed E-state index contributed by atoms with van der Waals surface area (Å²) < 4.78 is 14.3. The van der Waals surface area contributed by atoms with Crippen LogP contribution in [0.15, 0.2) is 16.6 Å². The van der Waals surface area contributed by atoms with Gasteiger partial charge in [-0.05, 0) is 48.4 Å². The highest BCUT2D eigenvalue weighted by molar-refractivity contribution is 9.10. The van der Waals surface area contributed by atoms with Crippen LogP contribution in [0.1, 0.15) is 36.8 Å². The van der Waals surface area contributed by atoms with Crippen molar-refractivity contribution in [2.75, 3.05) is 0 Å². The van der Waals surface area contributed by atoms with Gasteiger partial charge in [-0.15, -0.1) is 0 Å². The van der Waals surface area contributed by atoms with E-state index in [9.17, 15) is 4.39 Å². The van der Waals surface area contributed by atoms with Crippen LogP contribution >= 0.6 is 15.9 Å². The monoisotopic (exact) mass is 242 g/mol. The van der Waals surface area contributed by atoms with Crippen molar-refractivity contribution in [1.29, 1.82) is 0 Å². The van der Waals surface area contributed by atoms with Gasteiger partial charge in [-0.2, -0.15) is 0 Å². The predicted octanol–water partition coefficient (Wildman–Crippen LogP) is 4.03. The molecule has 0 heterocycles. The van der Waals surface area contributed by atoms with E-state index in [-0.39, 0.29) is 5.82 Å². The molecule has 1 aliphatic carbocycles. The Morgan fingerprint density at radius 3 is 2.69 bits per heavy atom. The molecule has 2 heteroatoms. The van der Waals surface area contributed by atoms with Crippen molar-refractivity contribution in [1.82, 2.24) is 0 Å². The van der Waals surface area contributed by atoms with Gasteiger partial charge in [0.15, 0.2) is 0 Å². The third kappa shape index (κ3) is 1.78. The Morgan fingerprint density at radius 1 is 1.46 bits per heavy atom. The van der Waals surface area contributed by atoms with Crippen LogP contribution in [0.4, 0.5) is 4.39 Å². The van der Waals surface area contributed by atoms with Crippen molar-refractivity contribution in [3.8, 4) is 0 Å². The average Bonchev–Trinajstić information content (AvgIpc) is 2.85. The first kappa shape index (κ1) is 9.20. The molecule has 2 rings (SSSR count). The van der Waals surface area contributed by atoms with Gasteiger partial charge in [0.2, 0.25) is 0 Å². The van der Waals surface area contributed by atoms with Crippen molar-refractivity contribution in [2.24, 2.45) is 0 Å². The van der Waals surface area contributed by atoms with E-state index in [1.807, 2.05) is 6.92 Å². The molecule has 0 unspecified atom stereocenters. The van der Waals surface area contributed by atoms with Crippen LogP contribution in [-0.2, 0) is 6.42 Å². The normalized spacial score (nSPS) is 16.2. The van der Waals surface area contributed by atoms with Crippen molar-refractivity contribution in [2.45, 2.75) is 32.1 Å². The Hall–Kier alpha value is -0.370. The summed E-state index contributed by atoms with van der Waals surface area (Å²) in [5.74, 6) is 0.570. The molecule has 1 aromatic carbocycles. The third-order valence-corrected chi connectivity index (χ3v) is 3.02. The van der Waals surface area contributed by atoms with Gasteiger partial charge in [0.05, 0.1) is 0 Å². The minimum absolute atomic E-state index is 0.0567. The fraction of sp³-hybridized carbons (Fsp3) is 0.455. The standard InChI is InChI=1S/C11H12BrF/c1-2-9-10(7-3-4-7)5-8(12)6-11(9)13/h5-7H,2-4H2,1H3. The molecule has 13 heavy (non-hydrogen) atoms. The lowest BCUT2D eigenvalue weighted by molar-refractivity contribution is 0.607. The van der Waals surface area contributed by atoms with Crippen LogP contribution in [-0.4, -0.2) is 0 Å². The second-order valence-corrected chi connectivity index (χ2v) is 4.50. The Balaban J connectivity index is 2.50. The molecule has 1 aromatic rings. The quantitative estimate of drug-likeness (QED) is 0.735. The summed E-state index contributed by atoms with van der Waals surface area (Å²) in [6.07, 6.45) is 3.25. The Bertz CT molecular complexity index is 329. The SMILES string of the molecule is CCc1c(F)cc(Br)cc1C1CC1. The predicted molar refractivity (Wildman–Crippen MR) is 55.5 cm³/mol. The lowest BCUT2D eigenvalue weighted by Gasteiger charge is -2.08. The Labute approximate surface area is 86.3 Å². The van der Waals surface area contributed by atoms with Crippen molar-refractivity contribution < 1.29 is 4.39 Å². The van der Waals surface area contributed by atoms with Crippen molar-refractivity contribution in [3.63, 3.8) is 0 Å². The largest absolute Gasteiger partial charge is 0.207 e. The van der Waals surface area contributed by atoms with E-state index < -0.39 is 0 Å².